The Morgan fingerprint density at radius 2 is 2.13 bits per heavy atom. The molecule has 0 saturated carbocycles. The van der Waals surface area contributed by atoms with Gasteiger partial charge in [-0.1, -0.05) is 11.6 Å². The van der Waals surface area contributed by atoms with Gasteiger partial charge in [0.15, 0.2) is 0 Å². The van der Waals surface area contributed by atoms with Crippen molar-refractivity contribution in [3.05, 3.63) is 27.5 Å². The molecule has 0 bridgehead atoms. The number of pyridine rings is 1. The summed E-state index contributed by atoms with van der Waals surface area (Å²) in [6.07, 6.45) is 1.52. The highest BCUT2D eigenvalue weighted by Gasteiger charge is 2.20. The van der Waals surface area contributed by atoms with Gasteiger partial charge in [0, 0.05) is 10.7 Å². The maximum absolute atomic E-state index is 11.7. The lowest BCUT2D eigenvalue weighted by Gasteiger charge is -2.19. The normalized spacial score (nSPS) is 11.3. The summed E-state index contributed by atoms with van der Waals surface area (Å²) >= 11 is 9.00. The Kier molecular flexibility index (Phi) is 3.73. The second-order valence-corrected chi connectivity index (χ2v) is 5.27. The summed E-state index contributed by atoms with van der Waals surface area (Å²) in [4.78, 5) is 15.5. The molecule has 0 aliphatic carbocycles. The van der Waals surface area contributed by atoms with Crippen molar-refractivity contribution in [1.29, 1.82) is 0 Å². The first-order chi connectivity index (χ1) is 6.79. The minimum atomic E-state index is -0.539. The molecule has 0 N–H and O–H groups in total. The second-order valence-electron chi connectivity index (χ2n) is 3.99. The largest absolute Gasteiger partial charge is 0.456 e. The molecule has 0 atom stereocenters. The Hall–Kier alpha value is -0.610. The third-order valence-corrected chi connectivity index (χ3v) is 2.16. The zero-order valence-electron chi connectivity index (χ0n) is 8.67. The van der Waals surface area contributed by atoms with E-state index in [-0.39, 0.29) is 10.7 Å². The minimum absolute atomic E-state index is 0.146. The van der Waals surface area contributed by atoms with Gasteiger partial charge in [-0.15, -0.1) is 0 Å². The van der Waals surface area contributed by atoms with Gasteiger partial charge in [0.05, 0.1) is 5.56 Å². The zero-order valence-corrected chi connectivity index (χ0v) is 11.0. The maximum atomic E-state index is 11.7. The molecule has 0 amide bonds. The SMILES string of the molecule is CC(C)(C)OC(=O)c1cc(Br)cnc1Cl. The molecule has 0 saturated heterocycles. The Morgan fingerprint density at radius 3 is 2.67 bits per heavy atom. The predicted octanol–water partition coefficient (Wildman–Crippen LogP) is 3.45. The van der Waals surface area contributed by atoms with E-state index >= 15 is 0 Å². The van der Waals surface area contributed by atoms with E-state index < -0.39 is 11.6 Å². The molecule has 0 fully saturated rings. The molecule has 1 heterocycles. The van der Waals surface area contributed by atoms with Gasteiger partial charge in [0.25, 0.3) is 0 Å². The number of nitrogens with zero attached hydrogens (tertiary/aromatic N) is 1. The van der Waals surface area contributed by atoms with Crippen molar-refractivity contribution in [2.75, 3.05) is 0 Å². The molecule has 0 radical (unpaired) electrons. The van der Waals surface area contributed by atoms with Crippen LogP contribution in [0.5, 0.6) is 0 Å². The quantitative estimate of drug-likeness (QED) is 0.588. The van der Waals surface area contributed by atoms with E-state index in [9.17, 15) is 4.79 Å². The van der Waals surface area contributed by atoms with Gasteiger partial charge in [-0.3, -0.25) is 0 Å². The van der Waals surface area contributed by atoms with Crippen molar-refractivity contribution in [2.24, 2.45) is 0 Å². The summed E-state index contributed by atoms with van der Waals surface area (Å²) in [6, 6.07) is 1.59. The van der Waals surface area contributed by atoms with Crippen molar-refractivity contribution in [3.8, 4) is 0 Å². The van der Waals surface area contributed by atoms with Crippen molar-refractivity contribution < 1.29 is 9.53 Å². The predicted molar refractivity (Wildman–Crippen MR) is 62.1 cm³/mol. The number of hydrogen-bond donors (Lipinski definition) is 0. The Balaban J connectivity index is 2.96. The number of rotatable bonds is 1. The minimum Gasteiger partial charge on any atom is -0.456 e. The molecule has 0 aliphatic rings. The van der Waals surface area contributed by atoms with E-state index in [1.54, 1.807) is 26.8 Å². The van der Waals surface area contributed by atoms with Crippen LogP contribution in [0.15, 0.2) is 16.7 Å². The summed E-state index contributed by atoms with van der Waals surface area (Å²) in [6.45, 7) is 5.39. The highest BCUT2D eigenvalue weighted by atomic mass is 79.9. The smallest absolute Gasteiger partial charge is 0.341 e. The lowest BCUT2D eigenvalue weighted by atomic mass is 10.2. The van der Waals surface area contributed by atoms with Crippen molar-refractivity contribution in [3.63, 3.8) is 0 Å². The lowest BCUT2D eigenvalue weighted by Crippen LogP contribution is -2.24. The zero-order chi connectivity index (χ0) is 11.6. The van der Waals surface area contributed by atoms with Gasteiger partial charge >= 0.3 is 5.97 Å². The van der Waals surface area contributed by atoms with E-state index in [0.717, 1.165) is 0 Å². The summed E-state index contributed by atoms with van der Waals surface area (Å²) < 4.78 is 5.86. The average Bonchev–Trinajstić information content (AvgIpc) is 2.06. The van der Waals surface area contributed by atoms with E-state index in [1.807, 2.05) is 0 Å². The van der Waals surface area contributed by atoms with Crippen LogP contribution < -0.4 is 0 Å². The molecule has 1 aromatic rings. The van der Waals surface area contributed by atoms with Crippen LogP contribution in [-0.4, -0.2) is 16.6 Å². The van der Waals surface area contributed by atoms with Crippen molar-refractivity contribution >= 4 is 33.5 Å². The van der Waals surface area contributed by atoms with Crippen LogP contribution in [0, 0.1) is 0 Å². The first-order valence-electron chi connectivity index (χ1n) is 4.34. The van der Waals surface area contributed by atoms with Gasteiger partial charge < -0.3 is 4.74 Å². The van der Waals surface area contributed by atoms with Gasteiger partial charge in [-0.2, -0.15) is 0 Å². The lowest BCUT2D eigenvalue weighted by molar-refractivity contribution is 0.00692. The third kappa shape index (κ3) is 3.80. The fraction of sp³-hybridized carbons (Fsp3) is 0.400. The molecule has 15 heavy (non-hydrogen) atoms. The Morgan fingerprint density at radius 1 is 1.53 bits per heavy atom. The Bertz CT molecular complexity index is 387. The van der Waals surface area contributed by atoms with E-state index in [0.29, 0.717) is 4.47 Å². The fourth-order valence-corrected chi connectivity index (χ4v) is 1.41. The van der Waals surface area contributed by atoms with Gasteiger partial charge in [0.2, 0.25) is 0 Å². The van der Waals surface area contributed by atoms with Crippen LogP contribution in [0.2, 0.25) is 5.15 Å². The molecule has 1 rings (SSSR count). The van der Waals surface area contributed by atoms with Crippen molar-refractivity contribution in [1.82, 2.24) is 4.98 Å². The second kappa shape index (κ2) is 4.49. The summed E-state index contributed by atoms with van der Waals surface area (Å²) in [5.41, 5.74) is -0.274. The Labute approximate surface area is 102 Å². The number of esters is 1. The highest BCUT2D eigenvalue weighted by molar-refractivity contribution is 9.10. The molecule has 0 aromatic carbocycles. The van der Waals surface area contributed by atoms with E-state index in [4.69, 9.17) is 16.3 Å². The first kappa shape index (κ1) is 12.5. The number of carbonyl (C=O) groups is 1. The monoisotopic (exact) mass is 291 g/mol. The van der Waals surface area contributed by atoms with Crippen LogP contribution in [0.3, 0.4) is 0 Å². The van der Waals surface area contributed by atoms with Crippen LogP contribution in [0.1, 0.15) is 31.1 Å². The maximum Gasteiger partial charge on any atom is 0.341 e. The molecule has 82 valence electrons. The van der Waals surface area contributed by atoms with Crippen LogP contribution in [0.25, 0.3) is 0 Å². The molecule has 5 heteroatoms. The first-order valence-corrected chi connectivity index (χ1v) is 5.51. The molecule has 0 aliphatic heterocycles. The van der Waals surface area contributed by atoms with Crippen LogP contribution in [-0.2, 0) is 4.74 Å². The molecule has 3 nitrogen and oxygen atoms in total. The third-order valence-electron chi connectivity index (χ3n) is 1.42. The number of aromatic nitrogens is 1. The van der Waals surface area contributed by atoms with Gasteiger partial charge in [-0.25, -0.2) is 9.78 Å². The molecular formula is C10H11BrClNO2. The van der Waals surface area contributed by atoms with Gasteiger partial charge in [0.1, 0.15) is 10.8 Å². The standard InChI is InChI=1S/C10H11BrClNO2/c1-10(2,3)15-9(14)7-4-6(11)5-13-8(7)12/h4-5H,1-3H3. The molecule has 0 spiro atoms. The van der Waals surface area contributed by atoms with Crippen molar-refractivity contribution in [2.45, 2.75) is 26.4 Å². The summed E-state index contributed by atoms with van der Waals surface area (Å²) in [5.74, 6) is -0.471. The molecular weight excluding hydrogens is 281 g/mol. The average molecular weight is 293 g/mol. The molecule has 0 unspecified atom stereocenters. The number of halogens is 2. The summed E-state index contributed by atoms with van der Waals surface area (Å²) in [7, 11) is 0. The fourth-order valence-electron chi connectivity index (χ4n) is 0.899. The number of carbonyl (C=O) groups excluding carboxylic acids is 1. The molecule has 1 aromatic heterocycles. The topological polar surface area (TPSA) is 39.2 Å². The van der Waals surface area contributed by atoms with Gasteiger partial charge in [-0.05, 0) is 42.8 Å². The van der Waals surface area contributed by atoms with E-state index in [2.05, 4.69) is 20.9 Å². The van der Waals surface area contributed by atoms with Crippen LogP contribution in [0.4, 0.5) is 0 Å². The number of ether oxygens (including phenoxy) is 1. The van der Waals surface area contributed by atoms with E-state index in [1.165, 1.54) is 6.20 Å². The van der Waals surface area contributed by atoms with Crippen LogP contribution >= 0.6 is 27.5 Å². The number of hydrogen-bond acceptors (Lipinski definition) is 3. The highest BCUT2D eigenvalue weighted by Crippen LogP contribution is 2.21. The summed E-state index contributed by atoms with van der Waals surface area (Å²) in [5, 5.41) is 0.146.